The van der Waals surface area contributed by atoms with Gasteiger partial charge in [-0.05, 0) is 30.7 Å². The Bertz CT molecular complexity index is 427. The minimum Gasteiger partial charge on any atom is -0.478 e. The summed E-state index contributed by atoms with van der Waals surface area (Å²) in [7, 11) is 0. The van der Waals surface area contributed by atoms with E-state index in [9.17, 15) is 4.79 Å². The first kappa shape index (κ1) is 10.0. The molecule has 1 rings (SSSR count). The molecule has 0 heterocycles. The Morgan fingerprint density at radius 3 is 2.86 bits per heavy atom. The number of nitrogens with zero attached hydrogens (tertiary/aromatic N) is 1. The third kappa shape index (κ3) is 2.46. The molecule has 0 fully saturated rings. The molecule has 0 aliphatic carbocycles. The van der Waals surface area contributed by atoms with E-state index in [4.69, 9.17) is 10.4 Å². The lowest BCUT2D eigenvalue weighted by Crippen LogP contribution is -1.95. The molecule has 70 valence electrons. The van der Waals surface area contributed by atoms with Crippen molar-refractivity contribution in [2.45, 2.75) is 6.92 Å². The van der Waals surface area contributed by atoms with Crippen LogP contribution in [0.2, 0.25) is 0 Å². The van der Waals surface area contributed by atoms with Crippen molar-refractivity contribution >= 4 is 12.0 Å². The van der Waals surface area contributed by atoms with E-state index in [0.29, 0.717) is 5.56 Å². The van der Waals surface area contributed by atoms with Gasteiger partial charge in [0.15, 0.2) is 0 Å². The van der Waals surface area contributed by atoms with E-state index < -0.39 is 5.97 Å². The minimum atomic E-state index is -0.952. The number of rotatable bonds is 2. The fourth-order valence-electron chi connectivity index (χ4n) is 1.01. The topological polar surface area (TPSA) is 61.1 Å². The van der Waals surface area contributed by atoms with Gasteiger partial charge in [-0.2, -0.15) is 5.26 Å². The van der Waals surface area contributed by atoms with Gasteiger partial charge < -0.3 is 5.11 Å². The van der Waals surface area contributed by atoms with Crippen LogP contribution in [-0.2, 0) is 4.79 Å². The molecule has 3 nitrogen and oxygen atoms in total. The van der Waals surface area contributed by atoms with E-state index in [0.717, 1.165) is 5.56 Å². The van der Waals surface area contributed by atoms with Gasteiger partial charge in [0.05, 0.1) is 11.6 Å². The molecule has 0 bridgehead atoms. The van der Waals surface area contributed by atoms with Crippen LogP contribution in [0.15, 0.2) is 29.8 Å². The van der Waals surface area contributed by atoms with Gasteiger partial charge in [-0.15, -0.1) is 0 Å². The summed E-state index contributed by atoms with van der Waals surface area (Å²) in [6, 6.07) is 8.79. The first-order valence-corrected chi connectivity index (χ1v) is 4.05. The number of carboxylic acids is 1. The highest BCUT2D eigenvalue weighted by Crippen LogP contribution is 2.09. The van der Waals surface area contributed by atoms with Crippen LogP contribution in [0.4, 0.5) is 0 Å². The summed E-state index contributed by atoms with van der Waals surface area (Å²) in [6.07, 6.45) is 1.53. The highest BCUT2D eigenvalue weighted by molar-refractivity contribution is 5.91. The first-order chi connectivity index (χ1) is 6.63. The number of carboxylic acid groups (broad SMARTS) is 1. The second kappa shape index (κ2) is 4.24. The maximum absolute atomic E-state index is 10.5. The highest BCUT2D eigenvalue weighted by atomic mass is 16.4. The van der Waals surface area contributed by atoms with Crippen LogP contribution in [0.3, 0.4) is 0 Å². The lowest BCUT2D eigenvalue weighted by Gasteiger charge is -1.95. The van der Waals surface area contributed by atoms with Gasteiger partial charge in [-0.1, -0.05) is 12.1 Å². The smallest absolute Gasteiger partial charge is 0.331 e. The van der Waals surface area contributed by atoms with E-state index in [2.05, 4.69) is 0 Å². The van der Waals surface area contributed by atoms with E-state index in [1.165, 1.54) is 13.0 Å². The lowest BCUT2D eigenvalue weighted by atomic mass is 10.1. The van der Waals surface area contributed by atoms with Crippen molar-refractivity contribution in [3.05, 3.63) is 41.0 Å². The van der Waals surface area contributed by atoms with Crippen molar-refractivity contribution in [3.63, 3.8) is 0 Å². The molecule has 0 amide bonds. The number of nitriles is 1. The molecule has 0 saturated heterocycles. The number of hydrogen-bond acceptors (Lipinski definition) is 2. The molecule has 1 aromatic carbocycles. The number of hydrogen-bond donors (Lipinski definition) is 1. The van der Waals surface area contributed by atoms with Crippen molar-refractivity contribution in [2.24, 2.45) is 0 Å². The Hall–Kier alpha value is -2.08. The van der Waals surface area contributed by atoms with Crippen LogP contribution in [-0.4, -0.2) is 11.1 Å². The standard InChI is InChI=1S/C11H9NO2/c1-8(11(13)14)5-9-3-2-4-10(6-9)7-12/h2-6H,1H3,(H,13,14). The second-order valence-corrected chi connectivity index (χ2v) is 2.87. The van der Waals surface area contributed by atoms with Crippen molar-refractivity contribution in [1.29, 1.82) is 5.26 Å². The van der Waals surface area contributed by atoms with E-state index in [1.54, 1.807) is 24.3 Å². The van der Waals surface area contributed by atoms with Gasteiger partial charge in [0.2, 0.25) is 0 Å². The third-order valence-electron chi connectivity index (χ3n) is 1.74. The molecule has 0 aromatic heterocycles. The maximum atomic E-state index is 10.5. The molecule has 0 aliphatic heterocycles. The second-order valence-electron chi connectivity index (χ2n) is 2.87. The Morgan fingerprint density at radius 2 is 2.29 bits per heavy atom. The maximum Gasteiger partial charge on any atom is 0.331 e. The Kier molecular flexibility index (Phi) is 3.03. The van der Waals surface area contributed by atoms with Gasteiger partial charge in [-0.25, -0.2) is 4.79 Å². The third-order valence-corrected chi connectivity index (χ3v) is 1.74. The van der Waals surface area contributed by atoms with Crippen molar-refractivity contribution in [1.82, 2.24) is 0 Å². The predicted molar refractivity (Wildman–Crippen MR) is 52.4 cm³/mol. The SMILES string of the molecule is CC(=Cc1cccc(C#N)c1)C(=O)O. The molecule has 0 atom stereocenters. The van der Waals surface area contributed by atoms with Gasteiger partial charge in [0, 0.05) is 5.57 Å². The molecule has 0 saturated carbocycles. The van der Waals surface area contributed by atoms with Gasteiger partial charge >= 0.3 is 5.97 Å². The summed E-state index contributed by atoms with van der Waals surface area (Å²) in [4.78, 5) is 10.5. The fraction of sp³-hybridized carbons (Fsp3) is 0.0909. The zero-order valence-corrected chi connectivity index (χ0v) is 7.69. The molecule has 3 heteroatoms. The number of aliphatic carboxylic acids is 1. The van der Waals surface area contributed by atoms with Crippen molar-refractivity contribution in [2.75, 3.05) is 0 Å². The number of benzene rings is 1. The molecular formula is C11H9NO2. The normalized spacial score (nSPS) is 10.7. The average molecular weight is 187 g/mol. The van der Waals surface area contributed by atoms with Crippen LogP contribution in [0.5, 0.6) is 0 Å². The summed E-state index contributed by atoms with van der Waals surface area (Å²) in [5.74, 6) is -0.952. The average Bonchev–Trinajstić information content (AvgIpc) is 2.18. The fourth-order valence-corrected chi connectivity index (χ4v) is 1.01. The predicted octanol–water partition coefficient (Wildman–Crippen LogP) is 2.05. The molecule has 0 radical (unpaired) electrons. The summed E-state index contributed by atoms with van der Waals surface area (Å²) >= 11 is 0. The summed E-state index contributed by atoms with van der Waals surface area (Å²) in [5.41, 5.74) is 1.50. The van der Waals surface area contributed by atoms with E-state index >= 15 is 0 Å². The van der Waals surface area contributed by atoms with Crippen LogP contribution in [0.25, 0.3) is 6.08 Å². The van der Waals surface area contributed by atoms with Crippen molar-refractivity contribution < 1.29 is 9.90 Å². The van der Waals surface area contributed by atoms with Gasteiger partial charge in [0.1, 0.15) is 0 Å². The Labute approximate surface area is 81.9 Å². The molecule has 14 heavy (non-hydrogen) atoms. The summed E-state index contributed by atoms with van der Waals surface area (Å²) < 4.78 is 0. The molecule has 1 N–H and O–H groups in total. The van der Waals surface area contributed by atoms with Crippen LogP contribution >= 0.6 is 0 Å². The van der Waals surface area contributed by atoms with Crippen molar-refractivity contribution in [3.8, 4) is 6.07 Å². The van der Waals surface area contributed by atoms with Crippen LogP contribution in [0.1, 0.15) is 18.1 Å². The largest absolute Gasteiger partial charge is 0.478 e. The lowest BCUT2D eigenvalue weighted by molar-refractivity contribution is -0.132. The Balaban J connectivity index is 3.04. The van der Waals surface area contributed by atoms with E-state index in [1.807, 2.05) is 6.07 Å². The first-order valence-electron chi connectivity index (χ1n) is 4.05. The summed E-state index contributed by atoms with van der Waals surface area (Å²) in [6.45, 7) is 1.52. The zero-order chi connectivity index (χ0) is 10.6. The van der Waals surface area contributed by atoms with Crippen LogP contribution < -0.4 is 0 Å². The monoisotopic (exact) mass is 187 g/mol. The summed E-state index contributed by atoms with van der Waals surface area (Å²) in [5, 5.41) is 17.3. The Morgan fingerprint density at radius 1 is 1.57 bits per heavy atom. The zero-order valence-electron chi connectivity index (χ0n) is 7.69. The van der Waals surface area contributed by atoms with E-state index in [-0.39, 0.29) is 5.57 Å². The molecule has 1 aromatic rings. The molecule has 0 unspecified atom stereocenters. The van der Waals surface area contributed by atoms with Gasteiger partial charge in [0.25, 0.3) is 0 Å². The molecular weight excluding hydrogens is 178 g/mol. The van der Waals surface area contributed by atoms with Gasteiger partial charge in [-0.3, -0.25) is 0 Å². The minimum absolute atomic E-state index is 0.250. The van der Waals surface area contributed by atoms with Crippen LogP contribution in [0, 0.1) is 11.3 Å². The molecule has 0 spiro atoms. The highest BCUT2D eigenvalue weighted by Gasteiger charge is 1.99. The number of carbonyl (C=O) groups is 1. The quantitative estimate of drug-likeness (QED) is 0.720. The molecule has 0 aliphatic rings.